The summed E-state index contributed by atoms with van der Waals surface area (Å²) in [6.45, 7) is 5.87. The molecule has 0 bridgehead atoms. The van der Waals surface area contributed by atoms with Crippen molar-refractivity contribution >= 4 is 55.5 Å². The van der Waals surface area contributed by atoms with Crippen LogP contribution in [-0.4, -0.2) is 37.2 Å². The molecule has 0 N–H and O–H groups in total. The van der Waals surface area contributed by atoms with Crippen LogP contribution in [-0.2, 0) is 24.0 Å². The summed E-state index contributed by atoms with van der Waals surface area (Å²) in [5.74, 6) is 0.899. The van der Waals surface area contributed by atoms with Gasteiger partial charge in [-0.1, -0.05) is 147 Å². The summed E-state index contributed by atoms with van der Waals surface area (Å²) in [6, 6.07) is 58.8. The van der Waals surface area contributed by atoms with Gasteiger partial charge in [-0.05, 0) is 98.5 Å². The van der Waals surface area contributed by atoms with Gasteiger partial charge in [-0.25, -0.2) is 4.52 Å². The fourth-order valence-corrected chi connectivity index (χ4v) is 12.4. The molecule has 1 aliphatic rings. The molecule has 61 heavy (non-hydrogen) atoms. The van der Waals surface area contributed by atoms with E-state index in [0.717, 1.165) is 30.5 Å². The van der Waals surface area contributed by atoms with Crippen molar-refractivity contribution in [2.45, 2.75) is 64.5 Å². The molecule has 0 aromatic heterocycles. The average molecular weight is 956 g/mol. The van der Waals surface area contributed by atoms with E-state index in [2.05, 4.69) is 207 Å². The number of hydrogen-bond acceptors (Lipinski definition) is 3. The molecule has 6 aromatic rings. The molecule has 3 nitrogen and oxygen atoms in total. The summed E-state index contributed by atoms with van der Waals surface area (Å²) in [5.41, 5.74) is 0. The average Bonchev–Trinajstić information content (AvgIpc) is 3.26. The van der Waals surface area contributed by atoms with Gasteiger partial charge < -0.3 is 22.0 Å². The second kappa shape index (κ2) is 27.2. The van der Waals surface area contributed by atoms with Crippen LogP contribution in [0.4, 0.5) is 17.3 Å². The Morgan fingerprint density at radius 3 is 1.38 bits per heavy atom. The van der Waals surface area contributed by atoms with Gasteiger partial charge in [-0.15, -0.1) is 0 Å². The smallest absolute Gasteiger partial charge is 0.490 e. The van der Waals surface area contributed by atoms with Crippen molar-refractivity contribution in [3.63, 3.8) is 0 Å². The molecule has 0 aliphatic heterocycles. The first kappa shape index (κ1) is 49.7. The number of hydrogen-bond donors (Lipinski definition) is 0. The largest absolute Gasteiger partial charge is 0.673 e. The van der Waals surface area contributed by atoms with Crippen molar-refractivity contribution in [3.8, 4) is 5.75 Å². The van der Waals surface area contributed by atoms with Crippen LogP contribution in [0, 0.1) is 0 Å². The van der Waals surface area contributed by atoms with E-state index in [1.54, 1.807) is 0 Å². The first-order valence-corrected chi connectivity index (χ1v) is 23.8. The minimum absolute atomic E-state index is 0. The van der Waals surface area contributed by atoms with Crippen LogP contribution >= 0.6 is 16.2 Å². The Labute approximate surface area is 375 Å². The van der Waals surface area contributed by atoms with Crippen LogP contribution < -0.4 is 26.0 Å². The number of benzene rings is 6. The van der Waals surface area contributed by atoms with Gasteiger partial charge in [0.15, 0.2) is 14.3 Å². The Balaban J connectivity index is 0.000000504. The summed E-state index contributed by atoms with van der Waals surface area (Å²) < 4.78 is 55.9. The fourth-order valence-electron chi connectivity index (χ4n) is 7.20. The summed E-state index contributed by atoms with van der Waals surface area (Å²) in [7, 11) is -8.90. The molecule has 0 fully saturated rings. The summed E-state index contributed by atoms with van der Waals surface area (Å²) in [5, 5.41) is 7.56. The van der Waals surface area contributed by atoms with Crippen molar-refractivity contribution in [3.05, 3.63) is 188 Å². The van der Waals surface area contributed by atoms with Crippen LogP contribution in [0.5, 0.6) is 5.75 Å². The van der Waals surface area contributed by atoms with Gasteiger partial charge >= 0.3 is 7.25 Å². The number of ether oxygens (including phenoxy) is 1. The molecule has 323 valence electrons. The topological polar surface area (TPSA) is 21.7 Å². The van der Waals surface area contributed by atoms with Crippen LogP contribution in [0.3, 0.4) is 0 Å². The zero-order chi connectivity index (χ0) is 42.4. The number of allylic oxidation sites excluding steroid dienone is 4. The summed E-state index contributed by atoms with van der Waals surface area (Å²) in [6.07, 6.45) is 16.0. The van der Waals surface area contributed by atoms with E-state index in [4.69, 9.17) is 9.26 Å². The minimum atomic E-state index is -6.00. The Bertz CT molecular complexity index is 2030. The van der Waals surface area contributed by atoms with Gasteiger partial charge in [0.2, 0.25) is 0 Å². The standard InChI is InChI=1S/C42H43NO2P2.C8H12.BF4.Rh/c1-3-35(4-2)43(46(37-22-9-5-10-23-37)38-24-11-6-12-25-38)32-36(33-44-42-31-19-21-34-20-17-18-30-41(34)42)45-47(39-26-13-7-14-27-39)40-28-15-8-16-29-40;1-2-4-6-8-7-5-3-1;2-1(3,4)5;/h5-31,35-36H,3-4,32-33H2,1-2H3;1-2,7-8H,3-6H2;;/q;;-1;/p+2/b;2-1-,8-7-;;/t36-;;;/m0.../s1. The molecule has 7 rings (SSSR count). The molecule has 0 unspecified atom stereocenters. The molecule has 1 aliphatic carbocycles. The third kappa shape index (κ3) is 17.0. The van der Waals surface area contributed by atoms with E-state index in [1.165, 1.54) is 52.3 Å². The molecule has 1 atom stereocenters. The first-order valence-electron chi connectivity index (χ1n) is 20.9. The van der Waals surface area contributed by atoms with Crippen LogP contribution in [0.1, 0.15) is 52.4 Å². The number of halogens is 4. The third-order valence-corrected chi connectivity index (χ3v) is 15.2. The van der Waals surface area contributed by atoms with E-state index < -0.39 is 23.5 Å². The maximum atomic E-state index is 9.75. The molecule has 0 heterocycles. The Morgan fingerprint density at radius 1 is 0.541 bits per heavy atom. The molecular formula is C50H57BF4NO2P2Rh+. The van der Waals surface area contributed by atoms with Crippen LogP contribution in [0.2, 0.25) is 0 Å². The van der Waals surface area contributed by atoms with Crippen molar-refractivity contribution in [2.75, 3.05) is 13.2 Å². The summed E-state index contributed by atoms with van der Waals surface area (Å²) >= 11 is 0. The van der Waals surface area contributed by atoms with E-state index in [-0.39, 0.29) is 25.6 Å². The Kier molecular flexibility index (Phi) is 22.1. The quantitative estimate of drug-likeness (QED) is 0.0443. The second-order valence-corrected chi connectivity index (χ2v) is 18.9. The van der Waals surface area contributed by atoms with Crippen molar-refractivity contribution in [1.82, 2.24) is 4.67 Å². The number of fused-ring (bicyclic) bond motifs is 1. The zero-order valence-corrected chi connectivity index (χ0v) is 38.5. The maximum Gasteiger partial charge on any atom is 0.673 e. The Hall–Kier alpha value is -3.95. The molecule has 0 spiro atoms. The van der Waals surface area contributed by atoms with Gasteiger partial charge in [0.05, 0.1) is 6.54 Å². The fraction of sp³-hybridized carbons (Fsp3) is 0.240. The number of rotatable bonds is 15. The summed E-state index contributed by atoms with van der Waals surface area (Å²) in [4.78, 5) is 0. The van der Waals surface area contributed by atoms with Crippen molar-refractivity contribution in [2.24, 2.45) is 0 Å². The first-order chi connectivity index (χ1) is 29.2. The van der Waals surface area contributed by atoms with E-state index >= 15 is 0 Å². The monoisotopic (exact) mass is 955 g/mol. The van der Waals surface area contributed by atoms with Crippen LogP contribution in [0.15, 0.2) is 188 Å². The zero-order valence-electron chi connectivity index (χ0n) is 34.9. The van der Waals surface area contributed by atoms with E-state index in [1.807, 2.05) is 0 Å². The van der Waals surface area contributed by atoms with Gasteiger partial charge in [-0.3, -0.25) is 0 Å². The molecule has 0 saturated heterocycles. The maximum absolute atomic E-state index is 9.75. The molecule has 11 heteroatoms. The van der Waals surface area contributed by atoms with Gasteiger partial charge in [0, 0.05) is 30.9 Å². The predicted octanol–water partition coefficient (Wildman–Crippen LogP) is 12.6. The number of nitrogens with zero attached hydrogens (tertiary/aromatic N) is 1. The van der Waals surface area contributed by atoms with E-state index in [9.17, 15) is 17.3 Å². The van der Waals surface area contributed by atoms with Gasteiger partial charge in [-0.2, -0.15) is 4.67 Å². The van der Waals surface area contributed by atoms with Gasteiger partial charge in [0.25, 0.3) is 0 Å². The minimum Gasteiger partial charge on any atom is -0.490 e. The van der Waals surface area contributed by atoms with Crippen molar-refractivity contribution in [1.29, 1.82) is 0 Å². The second-order valence-electron chi connectivity index (χ2n) is 14.4. The molecule has 1 radical (unpaired) electrons. The predicted molar refractivity (Wildman–Crippen MR) is 253 cm³/mol. The molecule has 0 amide bonds. The van der Waals surface area contributed by atoms with E-state index in [0.29, 0.717) is 12.6 Å². The molecular weight excluding hydrogens is 898 g/mol. The van der Waals surface area contributed by atoms with Gasteiger partial charge in [0.1, 0.15) is 41.6 Å². The molecule has 6 aromatic carbocycles. The third-order valence-electron chi connectivity index (χ3n) is 10.0. The SMILES string of the molecule is C1=C\CC/C=C\CC/1.CCC(CC)N(C[C@@H](COc1cccc2ccccc12)O[PH+](c1ccccc1)c1ccccc1)[PH+](c1ccccc1)c1ccccc1.F[B-](F)(F)F.[Rh]. The van der Waals surface area contributed by atoms with Crippen LogP contribution in [0.25, 0.3) is 10.8 Å². The molecule has 0 saturated carbocycles. The normalized spacial score (nSPS) is 14.1. The Morgan fingerprint density at radius 2 is 0.934 bits per heavy atom. The van der Waals surface area contributed by atoms with Crippen molar-refractivity contribution < 1.29 is 46.0 Å².